The third kappa shape index (κ3) is 5.89. The van der Waals surface area contributed by atoms with Crippen LogP contribution in [0.2, 0.25) is 0 Å². The average Bonchev–Trinajstić information content (AvgIpc) is 2.38. The van der Waals surface area contributed by atoms with Crippen molar-refractivity contribution in [2.75, 3.05) is 6.61 Å². The van der Waals surface area contributed by atoms with Crippen LogP contribution in [0.4, 0.5) is 0 Å². The van der Waals surface area contributed by atoms with Crippen molar-refractivity contribution in [1.82, 2.24) is 9.97 Å². The minimum atomic E-state index is 0.307. The first-order chi connectivity index (χ1) is 9.06. The van der Waals surface area contributed by atoms with Gasteiger partial charge >= 0.3 is 0 Å². The van der Waals surface area contributed by atoms with Crippen molar-refractivity contribution in [2.24, 2.45) is 5.92 Å². The van der Waals surface area contributed by atoms with Crippen LogP contribution in [0.3, 0.4) is 0 Å². The molecule has 0 amide bonds. The molecule has 1 aromatic heterocycles. The van der Waals surface area contributed by atoms with Gasteiger partial charge in [0, 0.05) is 12.0 Å². The molecule has 0 aliphatic carbocycles. The highest BCUT2D eigenvalue weighted by Crippen LogP contribution is 2.20. The van der Waals surface area contributed by atoms with Gasteiger partial charge < -0.3 is 4.74 Å². The molecular weight excluding hydrogens is 304 g/mol. The normalized spacial score (nSPS) is 12.7. The molecule has 0 aromatic carbocycles. The Morgan fingerprint density at radius 2 is 2.00 bits per heavy atom. The highest BCUT2D eigenvalue weighted by molar-refractivity contribution is 9.10. The van der Waals surface area contributed by atoms with Crippen molar-refractivity contribution in [3.8, 4) is 5.88 Å². The van der Waals surface area contributed by atoms with Crippen molar-refractivity contribution in [1.29, 1.82) is 0 Å². The molecule has 0 radical (unpaired) electrons. The largest absolute Gasteiger partial charge is 0.477 e. The van der Waals surface area contributed by atoms with Crippen LogP contribution in [-0.2, 0) is 0 Å². The quantitative estimate of drug-likeness (QED) is 0.633. The Kier molecular flexibility index (Phi) is 7.36. The smallest absolute Gasteiger partial charge is 0.217 e. The lowest BCUT2D eigenvalue weighted by Crippen LogP contribution is -2.12. The standard InChI is InChI=1S/C15H25BrN2O/c1-5-7-8-12(6-2)10-19-14-9-13(16)17-15(18-14)11(3)4/h9,11-12H,5-8,10H2,1-4H3. The first-order valence-corrected chi connectivity index (χ1v) is 8.03. The molecule has 0 saturated heterocycles. The summed E-state index contributed by atoms with van der Waals surface area (Å²) in [5.74, 6) is 2.43. The van der Waals surface area contributed by atoms with Gasteiger partial charge in [0.05, 0.1) is 6.61 Å². The molecule has 0 N–H and O–H groups in total. The maximum Gasteiger partial charge on any atom is 0.217 e. The molecule has 108 valence electrons. The lowest BCUT2D eigenvalue weighted by molar-refractivity contribution is 0.224. The fraction of sp³-hybridized carbons (Fsp3) is 0.733. The molecule has 0 aliphatic rings. The second-order valence-electron chi connectivity index (χ2n) is 5.27. The molecule has 4 heteroatoms. The van der Waals surface area contributed by atoms with E-state index < -0.39 is 0 Å². The fourth-order valence-corrected chi connectivity index (χ4v) is 2.22. The minimum Gasteiger partial charge on any atom is -0.477 e. The summed E-state index contributed by atoms with van der Waals surface area (Å²) in [5, 5.41) is 0. The van der Waals surface area contributed by atoms with Gasteiger partial charge in [0.1, 0.15) is 10.4 Å². The van der Waals surface area contributed by atoms with E-state index in [9.17, 15) is 0 Å². The van der Waals surface area contributed by atoms with Gasteiger partial charge in [0.25, 0.3) is 0 Å². The molecule has 0 saturated carbocycles. The van der Waals surface area contributed by atoms with Crippen LogP contribution in [0, 0.1) is 5.92 Å². The zero-order chi connectivity index (χ0) is 14.3. The SMILES string of the molecule is CCCCC(CC)COc1cc(Br)nc(C(C)C)n1. The van der Waals surface area contributed by atoms with Crippen LogP contribution in [-0.4, -0.2) is 16.6 Å². The van der Waals surface area contributed by atoms with E-state index in [1.165, 1.54) is 19.3 Å². The van der Waals surface area contributed by atoms with E-state index >= 15 is 0 Å². The van der Waals surface area contributed by atoms with Crippen LogP contribution in [0.25, 0.3) is 0 Å². The topological polar surface area (TPSA) is 35.0 Å². The van der Waals surface area contributed by atoms with Crippen LogP contribution >= 0.6 is 15.9 Å². The molecule has 19 heavy (non-hydrogen) atoms. The molecule has 1 aromatic rings. The summed E-state index contributed by atoms with van der Waals surface area (Å²) in [6.45, 7) is 9.37. The molecule has 0 bridgehead atoms. The molecule has 1 rings (SSSR count). The van der Waals surface area contributed by atoms with Gasteiger partial charge in [-0.15, -0.1) is 0 Å². The van der Waals surface area contributed by atoms with E-state index in [2.05, 4.69) is 53.6 Å². The number of rotatable bonds is 8. The summed E-state index contributed by atoms with van der Waals surface area (Å²) in [6, 6.07) is 1.85. The minimum absolute atomic E-state index is 0.307. The van der Waals surface area contributed by atoms with E-state index in [-0.39, 0.29) is 0 Å². The summed E-state index contributed by atoms with van der Waals surface area (Å²) >= 11 is 3.42. The van der Waals surface area contributed by atoms with E-state index in [0.717, 1.165) is 23.5 Å². The summed E-state index contributed by atoms with van der Waals surface area (Å²) in [4.78, 5) is 8.81. The number of halogens is 1. The number of ether oxygens (including phenoxy) is 1. The summed E-state index contributed by atoms with van der Waals surface area (Å²) in [6.07, 6.45) is 4.90. The third-order valence-corrected chi connectivity index (χ3v) is 3.62. The summed E-state index contributed by atoms with van der Waals surface area (Å²) < 4.78 is 6.64. The van der Waals surface area contributed by atoms with Crippen LogP contribution in [0.1, 0.15) is 65.1 Å². The zero-order valence-electron chi connectivity index (χ0n) is 12.4. The molecule has 0 aliphatic heterocycles. The average molecular weight is 329 g/mol. The highest BCUT2D eigenvalue weighted by atomic mass is 79.9. The third-order valence-electron chi connectivity index (χ3n) is 3.22. The molecule has 0 fully saturated rings. The number of unbranched alkanes of at least 4 members (excludes halogenated alkanes) is 1. The van der Waals surface area contributed by atoms with Gasteiger partial charge in [-0.25, -0.2) is 4.98 Å². The van der Waals surface area contributed by atoms with Gasteiger partial charge in [-0.2, -0.15) is 4.98 Å². The van der Waals surface area contributed by atoms with Crippen LogP contribution in [0.15, 0.2) is 10.7 Å². The maximum atomic E-state index is 5.85. The Morgan fingerprint density at radius 3 is 2.58 bits per heavy atom. The molecular formula is C15H25BrN2O. The Hall–Kier alpha value is -0.640. The van der Waals surface area contributed by atoms with Crippen molar-refractivity contribution < 1.29 is 4.74 Å². The predicted molar refractivity (Wildman–Crippen MR) is 82.6 cm³/mol. The number of nitrogens with zero attached hydrogens (tertiary/aromatic N) is 2. The zero-order valence-corrected chi connectivity index (χ0v) is 14.0. The molecule has 1 heterocycles. The first-order valence-electron chi connectivity index (χ1n) is 7.24. The number of hydrogen-bond acceptors (Lipinski definition) is 3. The van der Waals surface area contributed by atoms with Gasteiger partial charge in [-0.05, 0) is 28.3 Å². The van der Waals surface area contributed by atoms with E-state index in [1.807, 2.05) is 6.07 Å². The van der Waals surface area contributed by atoms with Gasteiger partial charge in [0.15, 0.2) is 0 Å². The Labute approximate surface area is 125 Å². The van der Waals surface area contributed by atoms with Gasteiger partial charge in [0.2, 0.25) is 5.88 Å². The summed E-state index contributed by atoms with van der Waals surface area (Å²) in [5.41, 5.74) is 0. The summed E-state index contributed by atoms with van der Waals surface area (Å²) in [7, 11) is 0. The number of hydrogen-bond donors (Lipinski definition) is 0. The molecule has 1 atom stereocenters. The number of aromatic nitrogens is 2. The second-order valence-corrected chi connectivity index (χ2v) is 6.08. The fourth-order valence-electron chi connectivity index (χ4n) is 1.85. The molecule has 0 spiro atoms. The van der Waals surface area contributed by atoms with Crippen LogP contribution in [0.5, 0.6) is 5.88 Å². The first kappa shape index (κ1) is 16.4. The lowest BCUT2D eigenvalue weighted by atomic mass is 10.0. The molecule has 1 unspecified atom stereocenters. The predicted octanol–water partition coefficient (Wildman–Crippen LogP) is 4.96. The Bertz CT molecular complexity index is 382. The van der Waals surface area contributed by atoms with E-state index in [0.29, 0.717) is 17.7 Å². The van der Waals surface area contributed by atoms with Crippen LogP contribution < -0.4 is 4.74 Å². The van der Waals surface area contributed by atoms with E-state index in [1.54, 1.807) is 0 Å². The molecule has 3 nitrogen and oxygen atoms in total. The van der Waals surface area contributed by atoms with Crippen molar-refractivity contribution in [2.45, 2.75) is 59.3 Å². The van der Waals surface area contributed by atoms with E-state index in [4.69, 9.17) is 4.74 Å². The van der Waals surface area contributed by atoms with Crippen molar-refractivity contribution in [3.63, 3.8) is 0 Å². The Balaban J connectivity index is 2.60. The second kappa shape index (κ2) is 8.51. The van der Waals surface area contributed by atoms with Crippen molar-refractivity contribution >= 4 is 15.9 Å². The highest BCUT2D eigenvalue weighted by Gasteiger charge is 2.10. The monoisotopic (exact) mass is 328 g/mol. The van der Waals surface area contributed by atoms with Gasteiger partial charge in [-0.3, -0.25) is 0 Å². The Morgan fingerprint density at radius 1 is 1.26 bits per heavy atom. The van der Waals surface area contributed by atoms with Gasteiger partial charge in [-0.1, -0.05) is 47.0 Å². The van der Waals surface area contributed by atoms with Crippen molar-refractivity contribution in [3.05, 3.63) is 16.5 Å². The maximum absolute atomic E-state index is 5.85. The lowest BCUT2D eigenvalue weighted by Gasteiger charge is -2.15.